The van der Waals surface area contributed by atoms with Crippen molar-refractivity contribution in [2.45, 2.75) is 100 Å². The van der Waals surface area contributed by atoms with E-state index in [1.54, 1.807) is 0 Å². The maximum absolute atomic E-state index is 7.00. The molecule has 4 aliphatic rings. The van der Waals surface area contributed by atoms with Crippen LogP contribution in [0.2, 0.25) is 0 Å². The first-order chi connectivity index (χ1) is 32.2. The SMILES string of the molecule is c1ccc(COC[C@H]2OC(OC[C@H]3O[C@@H]4OC(c5ccccc5)O[C@@H]4[C@H]4OC(c5ccccc5)O[C@H]43)[C@H](OCc3ccccc3)[C@@H](OCc3ccccc3)[C@H]2OCc2ccccc2)cc1. The summed E-state index contributed by atoms with van der Waals surface area (Å²) in [4.78, 5) is 0. The van der Waals surface area contributed by atoms with E-state index < -0.39 is 74.0 Å². The molecule has 0 spiro atoms. The molecule has 4 heterocycles. The lowest BCUT2D eigenvalue weighted by Crippen LogP contribution is -2.62. The van der Waals surface area contributed by atoms with Crippen LogP contribution in [0.25, 0.3) is 0 Å². The van der Waals surface area contributed by atoms with Crippen LogP contribution in [0.15, 0.2) is 182 Å². The molecule has 4 fully saturated rings. The summed E-state index contributed by atoms with van der Waals surface area (Å²) < 4.78 is 74.1. The highest BCUT2D eigenvalue weighted by Gasteiger charge is 2.58. The molecule has 4 aliphatic heterocycles. The van der Waals surface area contributed by atoms with Gasteiger partial charge in [0.15, 0.2) is 25.2 Å². The number of rotatable bonds is 18. The Kier molecular flexibility index (Phi) is 14.4. The van der Waals surface area contributed by atoms with Gasteiger partial charge >= 0.3 is 0 Å². The van der Waals surface area contributed by atoms with Crippen molar-refractivity contribution in [3.05, 3.63) is 215 Å². The van der Waals surface area contributed by atoms with Gasteiger partial charge < -0.3 is 52.1 Å². The van der Waals surface area contributed by atoms with E-state index in [4.69, 9.17) is 52.1 Å². The van der Waals surface area contributed by atoms with Crippen LogP contribution in [0.5, 0.6) is 0 Å². The van der Waals surface area contributed by atoms with Gasteiger partial charge in [-0.15, -0.1) is 0 Å². The summed E-state index contributed by atoms with van der Waals surface area (Å²) in [6.45, 7) is 1.52. The minimum absolute atomic E-state index is 0.0447. The van der Waals surface area contributed by atoms with Gasteiger partial charge in [-0.1, -0.05) is 182 Å². The van der Waals surface area contributed by atoms with Gasteiger partial charge in [-0.3, -0.25) is 0 Å². The molecule has 4 saturated heterocycles. The molecule has 0 N–H and O–H groups in total. The zero-order valence-corrected chi connectivity index (χ0v) is 36.0. The predicted octanol–water partition coefficient (Wildman–Crippen LogP) is 9.02. The molecule has 11 heteroatoms. The Hall–Kier alpha value is -5.12. The molecule has 0 saturated carbocycles. The van der Waals surface area contributed by atoms with Crippen LogP contribution < -0.4 is 0 Å². The van der Waals surface area contributed by atoms with E-state index in [0.717, 1.165) is 33.4 Å². The number of ether oxygens (including phenoxy) is 11. The molecular formula is C54H54O11. The Labute approximate surface area is 380 Å². The van der Waals surface area contributed by atoms with Gasteiger partial charge in [-0.05, 0) is 22.3 Å². The van der Waals surface area contributed by atoms with Gasteiger partial charge in [-0.25, -0.2) is 0 Å². The van der Waals surface area contributed by atoms with Crippen LogP contribution in [0, 0.1) is 0 Å². The van der Waals surface area contributed by atoms with E-state index in [2.05, 4.69) is 0 Å². The van der Waals surface area contributed by atoms with Crippen molar-refractivity contribution < 1.29 is 52.1 Å². The third kappa shape index (κ3) is 10.8. The summed E-state index contributed by atoms with van der Waals surface area (Å²) in [5.74, 6) is 0. The Bertz CT molecular complexity index is 2310. The van der Waals surface area contributed by atoms with Crippen LogP contribution in [0.3, 0.4) is 0 Å². The number of benzene rings is 6. The third-order valence-electron chi connectivity index (χ3n) is 12.1. The Morgan fingerprint density at radius 1 is 0.323 bits per heavy atom. The molecule has 0 radical (unpaired) electrons. The van der Waals surface area contributed by atoms with E-state index in [-0.39, 0.29) is 19.8 Å². The number of fused-ring (bicyclic) bond motifs is 3. The Morgan fingerprint density at radius 2 is 0.754 bits per heavy atom. The summed E-state index contributed by atoms with van der Waals surface area (Å²) in [5.41, 5.74) is 5.82. The van der Waals surface area contributed by atoms with E-state index in [9.17, 15) is 0 Å². The first kappa shape index (κ1) is 43.8. The second-order valence-electron chi connectivity index (χ2n) is 16.6. The standard InChI is InChI=1S/C54H54O11/c1-7-19-37(20-8-1)31-55-35-43-45(56-32-38-21-9-2-10-22-38)47(57-33-39-23-11-3-12-24-39)49(58-34-40-25-13-4-14-26-40)53(60-43)59-36-44-46-48(63-51(62-46)41-27-15-5-16-28-41)50-54(61-44)65-52(64-50)42-29-17-6-18-30-42/h1-30,43-54H,31-36H2/t43-,44-,45+,46+,47+,48+,49-,50-,51?,52?,53?,54-/m1/s1. The monoisotopic (exact) mass is 878 g/mol. The van der Waals surface area contributed by atoms with Crippen LogP contribution in [-0.2, 0) is 78.5 Å². The van der Waals surface area contributed by atoms with Crippen molar-refractivity contribution in [2.24, 2.45) is 0 Å². The topological polar surface area (TPSA) is 102 Å². The van der Waals surface area contributed by atoms with Crippen molar-refractivity contribution in [1.82, 2.24) is 0 Å². The smallest absolute Gasteiger partial charge is 0.190 e. The molecular weight excluding hydrogens is 825 g/mol. The molecule has 12 atom stereocenters. The Morgan fingerprint density at radius 3 is 1.29 bits per heavy atom. The molecule has 3 unspecified atom stereocenters. The van der Waals surface area contributed by atoms with Crippen LogP contribution in [0.1, 0.15) is 46.0 Å². The van der Waals surface area contributed by atoms with Crippen molar-refractivity contribution in [1.29, 1.82) is 0 Å². The second-order valence-corrected chi connectivity index (χ2v) is 16.6. The summed E-state index contributed by atoms with van der Waals surface area (Å²) in [7, 11) is 0. The van der Waals surface area contributed by atoms with Gasteiger partial charge in [0.1, 0.15) is 48.8 Å². The average molecular weight is 879 g/mol. The van der Waals surface area contributed by atoms with E-state index in [1.165, 1.54) is 0 Å². The first-order valence-electron chi connectivity index (χ1n) is 22.4. The fraction of sp³-hybridized carbons (Fsp3) is 0.333. The predicted molar refractivity (Wildman–Crippen MR) is 238 cm³/mol. The van der Waals surface area contributed by atoms with Gasteiger partial charge in [-0.2, -0.15) is 0 Å². The minimum atomic E-state index is -0.953. The zero-order chi connectivity index (χ0) is 43.6. The lowest BCUT2D eigenvalue weighted by molar-refractivity contribution is -0.337. The fourth-order valence-corrected chi connectivity index (χ4v) is 8.81. The molecule has 0 bridgehead atoms. The van der Waals surface area contributed by atoms with E-state index in [0.29, 0.717) is 19.8 Å². The van der Waals surface area contributed by atoms with Gasteiger partial charge in [0.25, 0.3) is 0 Å². The van der Waals surface area contributed by atoms with E-state index >= 15 is 0 Å². The molecule has 0 amide bonds. The quantitative estimate of drug-likeness (QED) is 0.0827. The van der Waals surface area contributed by atoms with Crippen molar-refractivity contribution in [3.8, 4) is 0 Å². The second kappa shape index (κ2) is 21.5. The summed E-state index contributed by atoms with van der Waals surface area (Å²) in [5, 5.41) is 0. The number of hydrogen-bond donors (Lipinski definition) is 0. The minimum Gasteiger partial charge on any atom is -0.374 e. The van der Waals surface area contributed by atoms with Crippen molar-refractivity contribution in [2.75, 3.05) is 13.2 Å². The largest absolute Gasteiger partial charge is 0.374 e. The van der Waals surface area contributed by atoms with E-state index in [1.807, 2.05) is 182 Å². The van der Waals surface area contributed by atoms with Crippen LogP contribution in [0.4, 0.5) is 0 Å². The molecule has 6 aromatic rings. The molecule has 0 aliphatic carbocycles. The maximum atomic E-state index is 7.00. The van der Waals surface area contributed by atoms with Gasteiger partial charge in [0.2, 0.25) is 0 Å². The summed E-state index contributed by atoms with van der Waals surface area (Å²) >= 11 is 0. The Balaban J connectivity index is 0.952. The lowest BCUT2D eigenvalue weighted by atomic mass is 9.97. The summed E-state index contributed by atoms with van der Waals surface area (Å²) in [6.07, 6.45) is -7.94. The molecule has 0 aromatic heterocycles. The highest BCUT2D eigenvalue weighted by atomic mass is 16.8. The van der Waals surface area contributed by atoms with Gasteiger partial charge in [0, 0.05) is 11.1 Å². The first-order valence-corrected chi connectivity index (χ1v) is 22.4. The summed E-state index contributed by atoms with van der Waals surface area (Å²) in [6, 6.07) is 60.0. The number of hydrogen-bond acceptors (Lipinski definition) is 11. The lowest BCUT2D eigenvalue weighted by Gasteiger charge is -2.46. The average Bonchev–Trinajstić information content (AvgIpc) is 4.02. The van der Waals surface area contributed by atoms with Crippen LogP contribution >= 0.6 is 0 Å². The van der Waals surface area contributed by atoms with Crippen molar-refractivity contribution in [3.63, 3.8) is 0 Å². The van der Waals surface area contributed by atoms with Crippen LogP contribution in [-0.4, -0.2) is 74.6 Å². The highest BCUT2D eigenvalue weighted by Crippen LogP contribution is 2.46. The maximum Gasteiger partial charge on any atom is 0.190 e. The normalized spacial score (nSPS) is 29.5. The third-order valence-corrected chi connectivity index (χ3v) is 12.1. The van der Waals surface area contributed by atoms with Gasteiger partial charge in [0.05, 0.1) is 39.6 Å². The molecule has 65 heavy (non-hydrogen) atoms. The molecule has 10 rings (SSSR count). The fourth-order valence-electron chi connectivity index (χ4n) is 8.81. The molecule has 6 aromatic carbocycles. The van der Waals surface area contributed by atoms with Crippen molar-refractivity contribution >= 4 is 0 Å². The highest BCUT2D eigenvalue weighted by molar-refractivity contribution is 5.21. The molecule has 336 valence electrons. The zero-order valence-electron chi connectivity index (χ0n) is 36.0. The molecule has 11 nitrogen and oxygen atoms in total.